The summed E-state index contributed by atoms with van der Waals surface area (Å²) in [5.74, 6) is 0.695. The number of anilines is 1. The first-order valence-electron chi connectivity index (χ1n) is 8.24. The lowest BCUT2D eigenvalue weighted by Crippen LogP contribution is -2.10. The van der Waals surface area contributed by atoms with Crippen molar-refractivity contribution in [3.63, 3.8) is 0 Å². The van der Waals surface area contributed by atoms with Crippen molar-refractivity contribution >= 4 is 44.9 Å². The Bertz CT molecular complexity index is 1100. The van der Waals surface area contributed by atoms with Gasteiger partial charge in [-0.2, -0.15) is 0 Å². The van der Waals surface area contributed by atoms with Gasteiger partial charge in [-0.1, -0.05) is 35.5 Å². The van der Waals surface area contributed by atoms with Gasteiger partial charge in [0, 0.05) is 11.3 Å². The number of hydrogen-bond donors (Lipinski definition) is 1. The predicted molar refractivity (Wildman–Crippen MR) is 110 cm³/mol. The molecule has 0 fully saturated rings. The zero-order chi connectivity index (χ0) is 20.9. The topological polar surface area (TPSA) is 111 Å². The number of carbonyl (C=O) groups is 1. The standard InChI is InChI=1S/C18H16ClN3O5S2/c1-29(24,25)22-13-8-6-12(7-9-13)15(23)11-28-18-21-20-17(27-18)10-26-16-5-3-2-4-14(16)19/h2-9,22H,10-11H2,1H3. The molecule has 0 bridgehead atoms. The average molecular weight is 454 g/mol. The fourth-order valence-electron chi connectivity index (χ4n) is 2.20. The van der Waals surface area contributed by atoms with E-state index in [0.717, 1.165) is 18.0 Å². The second-order valence-electron chi connectivity index (χ2n) is 5.84. The number of nitrogens with zero attached hydrogens (tertiary/aromatic N) is 2. The van der Waals surface area contributed by atoms with Gasteiger partial charge in [0.25, 0.3) is 11.1 Å². The third kappa shape index (κ3) is 6.48. The number of ketones is 1. The minimum atomic E-state index is -3.36. The van der Waals surface area contributed by atoms with Crippen molar-refractivity contribution in [2.75, 3.05) is 16.7 Å². The lowest BCUT2D eigenvalue weighted by molar-refractivity contribution is 0.102. The van der Waals surface area contributed by atoms with Gasteiger partial charge >= 0.3 is 0 Å². The highest BCUT2D eigenvalue weighted by atomic mass is 35.5. The molecule has 3 aromatic rings. The van der Waals surface area contributed by atoms with Crippen LogP contribution in [0.5, 0.6) is 5.75 Å². The van der Waals surface area contributed by atoms with E-state index in [1.54, 1.807) is 36.4 Å². The van der Waals surface area contributed by atoms with Crippen LogP contribution in [0.4, 0.5) is 5.69 Å². The van der Waals surface area contributed by atoms with Crippen LogP contribution in [0.3, 0.4) is 0 Å². The molecule has 0 aliphatic rings. The Labute approximate surface area is 176 Å². The number of hydrogen-bond acceptors (Lipinski definition) is 8. The highest BCUT2D eigenvalue weighted by Crippen LogP contribution is 2.24. The maximum atomic E-state index is 12.3. The third-order valence-electron chi connectivity index (χ3n) is 3.47. The number of benzene rings is 2. The van der Waals surface area contributed by atoms with Gasteiger partial charge in [0.1, 0.15) is 5.75 Å². The number of rotatable bonds is 9. The number of sulfonamides is 1. The molecule has 0 aliphatic heterocycles. The second kappa shape index (κ2) is 9.29. The lowest BCUT2D eigenvalue weighted by atomic mass is 10.1. The van der Waals surface area contributed by atoms with E-state index in [1.165, 1.54) is 12.1 Å². The smallest absolute Gasteiger partial charge is 0.277 e. The molecular weight excluding hydrogens is 438 g/mol. The maximum absolute atomic E-state index is 12.3. The molecule has 0 spiro atoms. The third-order valence-corrected chi connectivity index (χ3v) is 5.21. The molecule has 152 valence electrons. The Morgan fingerprint density at radius 1 is 1.17 bits per heavy atom. The average Bonchev–Trinajstić information content (AvgIpc) is 3.13. The highest BCUT2D eigenvalue weighted by molar-refractivity contribution is 7.99. The molecule has 8 nitrogen and oxygen atoms in total. The van der Waals surface area contributed by atoms with E-state index in [-0.39, 0.29) is 29.3 Å². The zero-order valence-electron chi connectivity index (χ0n) is 15.2. The number of ether oxygens (including phenoxy) is 1. The Morgan fingerprint density at radius 3 is 2.59 bits per heavy atom. The number of aromatic nitrogens is 2. The summed E-state index contributed by atoms with van der Waals surface area (Å²) in [4.78, 5) is 12.3. The summed E-state index contributed by atoms with van der Waals surface area (Å²) in [5.41, 5.74) is 0.829. The Morgan fingerprint density at radius 2 is 1.90 bits per heavy atom. The fourth-order valence-corrected chi connectivity index (χ4v) is 3.63. The zero-order valence-corrected chi connectivity index (χ0v) is 17.6. The summed E-state index contributed by atoms with van der Waals surface area (Å²) >= 11 is 7.11. The van der Waals surface area contributed by atoms with Crippen LogP contribution in [-0.2, 0) is 16.6 Å². The Kier molecular flexibility index (Phi) is 6.78. The molecule has 3 rings (SSSR count). The minimum Gasteiger partial charge on any atom is -0.482 e. The maximum Gasteiger partial charge on any atom is 0.277 e. The van der Waals surface area contributed by atoms with E-state index in [1.807, 2.05) is 0 Å². The quantitative estimate of drug-likeness (QED) is 0.386. The fraction of sp³-hybridized carbons (Fsp3) is 0.167. The number of nitrogens with one attached hydrogen (secondary N) is 1. The van der Waals surface area contributed by atoms with Gasteiger partial charge in [0.2, 0.25) is 10.0 Å². The van der Waals surface area contributed by atoms with Crippen molar-refractivity contribution in [3.8, 4) is 5.75 Å². The number of carbonyl (C=O) groups excluding carboxylic acids is 1. The van der Waals surface area contributed by atoms with Crippen LogP contribution in [0.15, 0.2) is 58.2 Å². The van der Waals surface area contributed by atoms with Crippen LogP contribution >= 0.6 is 23.4 Å². The van der Waals surface area contributed by atoms with E-state index < -0.39 is 10.0 Å². The molecule has 0 saturated carbocycles. The molecule has 1 heterocycles. The molecule has 1 aromatic heterocycles. The Balaban J connectivity index is 1.51. The molecule has 0 aliphatic carbocycles. The number of thioether (sulfide) groups is 1. The summed E-state index contributed by atoms with van der Waals surface area (Å²) in [6.07, 6.45) is 1.06. The first-order chi connectivity index (χ1) is 13.8. The van der Waals surface area contributed by atoms with Crippen molar-refractivity contribution in [1.29, 1.82) is 0 Å². The largest absolute Gasteiger partial charge is 0.482 e. The van der Waals surface area contributed by atoms with Gasteiger partial charge in [0.15, 0.2) is 12.4 Å². The van der Waals surface area contributed by atoms with Crippen LogP contribution in [-0.4, -0.2) is 36.4 Å². The molecule has 0 saturated heterocycles. The lowest BCUT2D eigenvalue weighted by Gasteiger charge is -2.05. The van der Waals surface area contributed by atoms with Gasteiger partial charge in [-0.15, -0.1) is 10.2 Å². The van der Waals surface area contributed by atoms with E-state index in [4.69, 9.17) is 20.8 Å². The van der Waals surface area contributed by atoms with Crippen LogP contribution in [0.25, 0.3) is 0 Å². The molecule has 0 radical (unpaired) electrons. The van der Waals surface area contributed by atoms with Crippen LogP contribution in [0.1, 0.15) is 16.2 Å². The van der Waals surface area contributed by atoms with Crippen LogP contribution in [0, 0.1) is 0 Å². The van der Waals surface area contributed by atoms with Crippen molar-refractivity contribution in [1.82, 2.24) is 10.2 Å². The van der Waals surface area contributed by atoms with Crippen molar-refractivity contribution in [2.45, 2.75) is 11.8 Å². The monoisotopic (exact) mass is 453 g/mol. The summed E-state index contributed by atoms with van der Waals surface area (Å²) < 4.78 is 35.7. The Hall–Kier alpha value is -2.56. The molecule has 11 heteroatoms. The van der Waals surface area contributed by atoms with Crippen LogP contribution in [0.2, 0.25) is 5.02 Å². The normalized spacial score (nSPS) is 11.2. The van der Waals surface area contributed by atoms with Gasteiger partial charge in [-0.25, -0.2) is 8.42 Å². The molecule has 0 amide bonds. The van der Waals surface area contributed by atoms with E-state index in [0.29, 0.717) is 22.0 Å². The summed E-state index contributed by atoms with van der Waals surface area (Å²) in [6.45, 7) is 0.0556. The molecule has 29 heavy (non-hydrogen) atoms. The van der Waals surface area contributed by atoms with Crippen molar-refractivity contribution in [2.24, 2.45) is 0 Å². The second-order valence-corrected chi connectivity index (χ2v) is 8.93. The van der Waals surface area contributed by atoms with Gasteiger partial charge < -0.3 is 9.15 Å². The van der Waals surface area contributed by atoms with E-state index in [9.17, 15) is 13.2 Å². The number of para-hydroxylation sites is 1. The first kappa shape index (κ1) is 21.2. The van der Waals surface area contributed by atoms with E-state index in [2.05, 4.69) is 14.9 Å². The summed E-state index contributed by atoms with van der Waals surface area (Å²) in [7, 11) is -3.36. The highest BCUT2D eigenvalue weighted by Gasteiger charge is 2.13. The minimum absolute atomic E-state index is 0.0556. The van der Waals surface area contributed by atoms with Gasteiger partial charge in [0.05, 0.1) is 17.0 Å². The number of halogens is 1. The van der Waals surface area contributed by atoms with Gasteiger partial charge in [-0.3, -0.25) is 9.52 Å². The summed E-state index contributed by atoms with van der Waals surface area (Å²) in [6, 6.07) is 13.2. The van der Waals surface area contributed by atoms with Gasteiger partial charge in [-0.05, 0) is 36.4 Å². The molecule has 0 atom stereocenters. The van der Waals surface area contributed by atoms with Crippen LogP contribution < -0.4 is 9.46 Å². The van der Waals surface area contributed by atoms with Crippen molar-refractivity contribution < 1.29 is 22.4 Å². The molecular formula is C18H16ClN3O5S2. The SMILES string of the molecule is CS(=O)(=O)Nc1ccc(C(=O)CSc2nnc(COc3ccccc3Cl)o2)cc1. The summed E-state index contributed by atoms with van der Waals surface area (Å²) in [5, 5.41) is 8.47. The molecule has 1 N–H and O–H groups in total. The predicted octanol–water partition coefficient (Wildman–Crippen LogP) is 3.65. The van der Waals surface area contributed by atoms with E-state index >= 15 is 0 Å². The number of Topliss-reactive ketones (excluding diaryl/α,β-unsaturated/α-hetero) is 1. The molecule has 0 unspecified atom stereocenters. The first-order valence-corrected chi connectivity index (χ1v) is 11.5. The molecule has 2 aromatic carbocycles. The van der Waals surface area contributed by atoms with Crippen molar-refractivity contribution in [3.05, 3.63) is 65.0 Å².